The summed E-state index contributed by atoms with van der Waals surface area (Å²) in [7, 11) is 1.78. The molecule has 0 spiro atoms. The third-order valence-electron chi connectivity index (χ3n) is 7.34. The highest BCUT2D eigenvalue weighted by atomic mass is 19.1. The Bertz CT molecular complexity index is 1170. The number of benzene rings is 2. The van der Waals surface area contributed by atoms with E-state index in [1.54, 1.807) is 33.1 Å². The van der Waals surface area contributed by atoms with E-state index in [1.807, 2.05) is 6.07 Å². The van der Waals surface area contributed by atoms with Crippen LogP contribution in [0.25, 0.3) is 11.0 Å². The molecule has 1 aliphatic heterocycles. The summed E-state index contributed by atoms with van der Waals surface area (Å²) in [6, 6.07) is 11.6. The average Bonchev–Trinajstić information content (AvgIpc) is 3.33. The van der Waals surface area contributed by atoms with Gasteiger partial charge in [-0.3, -0.25) is 0 Å². The van der Waals surface area contributed by atoms with Crippen LogP contribution in [-0.2, 0) is 23.2 Å². The van der Waals surface area contributed by atoms with Gasteiger partial charge in [0.2, 0.25) is 0 Å². The zero-order valence-corrected chi connectivity index (χ0v) is 20.0. The Hall–Kier alpha value is -2.28. The molecule has 33 heavy (non-hydrogen) atoms. The summed E-state index contributed by atoms with van der Waals surface area (Å²) in [6.45, 7) is 8.45. The van der Waals surface area contributed by atoms with Crippen LogP contribution in [-0.4, -0.2) is 52.4 Å². The normalized spacial score (nSPS) is 23.9. The summed E-state index contributed by atoms with van der Waals surface area (Å²) in [5.74, 6) is 1.07. The van der Waals surface area contributed by atoms with E-state index >= 15 is 0 Å². The molecule has 3 aromatic rings. The van der Waals surface area contributed by atoms with Crippen LogP contribution in [0.3, 0.4) is 0 Å². The number of nitrogens with zero attached hydrogens (tertiary/aromatic N) is 3. The molecule has 1 N–H and O–H groups in total. The first kappa shape index (κ1) is 22.5. The van der Waals surface area contributed by atoms with Crippen molar-refractivity contribution in [3.63, 3.8) is 0 Å². The van der Waals surface area contributed by atoms with E-state index in [4.69, 9.17) is 9.72 Å². The van der Waals surface area contributed by atoms with Crippen LogP contribution in [0.15, 0.2) is 36.4 Å². The largest absolute Gasteiger partial charge is 0.383 e. The minimum atomic E-state index is -1.05. The molecule has 1 aromatic heterocycles. The van der Waals surface area contributed by atoms with E-state index in [9.17, 15) is 9.50 Å². The fourth-order valence-corrected chi connectivity index (χ4v) is 5.81. The summed E-state index contributed by atoms with van der Waals surface area (Å²) < 4.78 is 21.9. The number of likely N-dealkylation sites (tertiary alicyclic amines) is 1. The predicted octanol–water partition coefficient (Wildman–Crippen LogP) is 4.39. The van der Waals surface area contributed by atoms with E-state index in [-0.39, 0.29) is 18.0 Å². The van der Waals surface area contributed by atoms with Gasteiger partial charge in [0.05, 0.1) is 23.2 Å². The Balaban J connectivity index is 1.36. The fourth-order valence-electron chi connectivity index (χ4n) is 5.81. The number of hydrogen-bond acceptors (Lipinski definition) is 4. The molecule has 2 unspecified atom stereocenters. The maximum atomic E-state index is 13.6. The second-order valence-electron chi connectivity index (χ2n) is 10.4. The number of methoxy groups -OCH3 is 1. The minimum Gasteiger partial charge on any atom is -0.383 e. The molecule has 0 radical (unpaired) electrons. The summed E-state index contributed by atoms with van der Waals surface area (Å²) in [6.07, 6.45) is 2.88. The maximum Gasteiger partial charge on any atom is 0.141 e. The van der Waals surface area contributed by atoms with Gasteiger partial charge in [0.15, 0.2) is 0 Å². The molecule has 3 atom stereocenters. The smallest absolute Gasteiger partial charge is 0.141 e. The second-order valence-corrected chi connectivity index (χ2v) is 10.4. The van der Waals surface area contributed by atoms with E-state index < -0.39 is 5.60 Å². The molecular formula is C27H34FN3O2. The number of rotatable bonds is 5. The zero-order chi connectivity index (χ0) is 23.3. The highest BCUT2D eigenvalue weighted by Gasteiger charge is 2.37. The number of aryl methyl sites for hydroxylation is 1. The fraction of sp³-hybridized carbons (Fsp3) is 0.519. The topological polar surface area (TPSA) is 50.5 Å². The van der Waals surface area contributed by atoms with Gasteiger partial charge in [-0.25, -0.2) is 9.37 Å². The Labute approximate surface area is 195 Å². The lowest BCUT2D eigenvalue weighted by Crippen LogP contribution is -2.47. The summed E-state index contributed by atoms with van der Waals surface area (Å²) in [5.41, 5.74) is 4.52. The Morgan fingerprint density at radius 3 is 2.70 bits per heavy atom. The molecule has 6 heteroatoms. The molecule has 5 nitrogen and oxygen atoms in total. The first-order chi connectivity index (χ1) is 15.7. The number of fused-ring (bicyclic) bond motifs is 2. The highest BCUT2D eigenvalue weighted by molar-refractivity contribution is 5.77. The molecule has 1 aliphatic carbocycles. The van der Waals surface area contributed by atoms with Crippen molar-refractivity contribution < 1.29 is 14.2 Å². The lowest BCUT2D eigenvalue weighted by atomic mass is 9.97. The van der Waals surface area contributed by atoms with Gasteiger partial charge in [0.25, 0.3) is 0 Å². The zero-order valence-electron chi connectivity index (χ0n) is 20.0. The molecule has 0 amide bonds. The number of piperidine rings is 1. The minimum absolute atomic E-state index is 0.000208. The first-order valence-corrected chi connectivity index (χ1v) is 12.0. The van der Waals surface area contributed by atoms with Crippen molar-refractivity contribution in [2.24, 2.45) is 5.92 Å². The van der Waals surface area contributed by atoms with Crippen molar-refractivity contribution in [3.05, 3.63) is 64.7 Å². The van der Waals surface area contributed by atoms with Gasteiger partial charge in [-0.15, -0.1) is 0 Å². The molecule has 1 saturated heterocycles. The molecule has 2 aliphatic rings. The van der Waals surface area contributed by atoms with Crippen LogP contribution < -0.4 is 0 Å². The number of hydrogen-bond donors (Lipinski definition) is 1. The van der Waals surface area contributed by atoms with Crippen LogP contribution in [0.5, 0.6) is 0 Å². The maximum absolute atomic E-state index is 13.6. The van der Waals surface area contributed by atoms with Crippen LogP contribution in [0.1, 0.15) is 48.8 Å². The van der Waals surface area contributed by atoms with E-state index in [1.165, 1.54) is 5.56 Å². The Morgan fingerprint density at radius 2 is 1.94 bits per heavy atom. The number of halogens is 1. The van der Waals surface area contributed by atoms with E-state index in [0.717, 1.165) is 61.1 Å². The summed E-state index contributed by atoms with van der Waals surface area (Å²) >= 11 is 0. The third-order valence-corrected chi connectivity index (χ3v) is 7.34. The van der Waals surface area contributed by atoms with Crippen LogP contribution in [0, 0.1) is 18.7 Å². The van der Waals surface area contributed by atoms with E-state index in [0.29, 0.717) is 11.7 Å². The van der Waals surface area contributed by atoms with E-state index in [2.05, 4.69) is 34.6 Å². The average molecular weight is 452 g/mol. The van der Waals surface area contributed by atoms with Gasteiger partial charge < -0.3 is 19.3 Å². The number of imidazole rings is 1. The second kappa shape index (κ2) is 8.49. The molecule has 0 bridgehead atoms. The molecule has 5 rings (SSSR count). The Morgan fingerprint density at radius 1 is 1.15 bits per heavy atom. The molecule has 2 heterocycles. The predicted molar refractivity (Wildman–Crippen MR) is 128 cm³/mol. The quantitative estimate of drug-likeness (QED) is 0.625. The standard InChI is InChI=1S/C27H34FN3O2/c1-17-5-8-23-22(11-17)29-26(27(2,3)32)31(23)24-9-10-30(16-25(24)33-4)15-18-12-19-6-7-21(28)14-20(19)13-18/h5-8,11,14,18,24-25,32H,9-10,12-13,15-16H2,1-4H3/t18-,24?,25?/m0/s1. The highest BCUT2D eigenvalue weighted by Crippen LogP contribution is 2.35. The summed E-state index contributed by atoms with van der Waals surface area (Å²) in [5, 5.41) is 10.9. The number of aliphatic hydroxyl groups is 1. The van der Waals surface area contributed by atoms with Gasteiger partial charge in [-0.1, -0.05) is 12.1 Å². The molecular weight excluding hydrogens is 417 g/mol. The van der Waals surface area contributed by atoms with Crippen molar-refractivity contribution in [3.8, 4) is 0 Å². The van der Waals surface area contributed by atoms with Crippen LogP contribution >= 0.6 is 0 Å². The van der Waals surface area contributed by atoms with Crippen LogP contribution in [0.2, 0.25) is 0 Å². The van der Waals surface area contributed by atoms with Crippen molar-refractivity contribution in [2.45, 2.75) is 57.8 Å². The van der Waals surface area contributed by atoms with Crippen molar-refractivity contribution in [1.82, 2.24) is 14.5 Å². The third kappa shape index (κ3) is 4.32. The summed E-state index contributed by atoms with van der Waals surface area (Å²) in [4.78, 5) is 7.32. The first-order valence-electron chi connectivity index (χ1n) is 12.0. The van der Waals surface area contributed by atoms with Gasteiger partial charge in [-0.2, -0.15) is 0 Å². The molecule has 0 saturated carbocycles. The number of ether oxygens (including phenoxy) is 1. The van der Waals surface area contributed by atoms with Crippen molar-refractivity contribution in [2.75, 3.05) is 26.7 Å². The van der Waals surface area contributed by atoms with Gasteiger partial charge >= 0.3 is 0 Å². The molecule has 176 valence electrons. The van der Waals surface area contributed by atoms with Gasteiger partial charge in [-0.05, 0) is 86.9 Å². The van der Waals surface area contributed by atoms with Crippen molar-refractivity contribution >= 4 is 11.0 Å². The monoisotopic (exact) mass is 451 g/mol. The Kier molecular flexibility index (Phi) is 5.79. The number of aromatic nitrogens is 2. The van der Waals surface area contributed by atoms with Crippen LogP contribution in [0.4, 0.5) is 4.39 Å². The lowest BCUT2D eigenvalue weighted by Gasteiger charge is -2.40. The van der Waals surface area contributed by atoms with Gasteiger partial charge in [0.1, 0.15) is 17.2 Å². The SMILES string of the molecule is COC1CN(C[C@H]2Cc3ccc(F)cc3C2)CCC1n1c(C(C)(C)O)nc2cc(C)ccc21. The van der Waals surface area contributed by atoms with Gasteiger partial charge in [0, 0.05) is 26.7 Å². The molecule has 2 aromatic carbocycles. The lowest BCUT2D eigenvalue weighted by molar-refractivity contribution is -0.0152. The molecule has 1 fully saturated rings. The van der Waals surface area contributed by atoms with Crippen molar-refractivity contribution in [1.29, 1.82) is 0 Å².